The van der Waals surface area contributed by atoms with E-state index in [0.29, 0.717) is 40.3 Å². The van der Waals surface area contributed by atoms with Crippen LogP contribution in [0.5, 0.6) is 11.5 Å². The van der Waals surface area contributed by atoms with E-state index in [4.69, 9.17) is 32.7 Å². The zero-order valence-electron chi connectivity index (χ0n) is 21.2. The van der Waals surface area contributed by atoms with Crippen LogP contribution >= 0.6 is 23.2 Å². The number of amides is 2. The van der Waals surface area contributed by atoms with Crippen LogP contribution in [0, 0.1) is 0 Å². The maximum Gasteiger partial charge on any atom is 0.244 e. The zero-order chi connectivity index (χ0) is 27.3. The van der Waals surface area contributed by atoms with Crippen LogP contribution in [0.4, 0.5) is 5.69 Å². The molecule has 0 radical (unpaired) electrons. The van der Waals surface area contributed by atoms with Crippen molar-refractivity contribution >= 4 is 50.7 Å². The average molecular weight is 573 g/mol. The van der Waals surface area contributed by atoms with Gasteiger partial charge in [0, 0.05) is 18.7 Å². The van der Waals surface area contributed by atoms with Gasteiger partial charge in [0.25, 0.3) is 0 Å². The molecule has 0 saturated carbocycles. The molecule has 3 rings (SSSR count). The topological polar surface area (TPSA) is 105 Å². The van der Waals surface area contributed by atoms with Gasteiger partial charge in [0.1, 0.15) is 25.8 Å². The van der Waals surface area contributed by atoms with E-state index in [1.807, 2.05) is 13.8 Å². The fraction of sp³-hybridized carbons (Fsp3) is 0.440. The highest BCUT2D eigenvalue weighted by Crippen LogP contribution is 2.35. The van der Waals surface area contributed by atoms with Crippen molar-refractivity contribution in [2.24, 2.45) is 0 Å². The largest absolute Gasteiger partial charge is 0.486 e. The summed E-state index contributed by atoms with van der Waals surface area (Å²) in [6, 6.07) is 8.57. The van der Waals surface area contributed by atoms with Gasteiger partial charge in [-0.1, -0.05) is 29.3 Å². The van der Waals surface area contributed by atoms with E-state index in [1.165, 1.54) is 17.9 Å². The van der Waals surface area contributed by atoms with E-state index in [2.05, 4.69) is 5.32 Å². The highest BCUT2D eigenvalue weighted by molar-refractivity contribution is 7.92. The van der Waals surface area contributed by atoms with Gasteiger partial charge in [0.15, 0.2) is 11.5 Å². The molecule has 0 fully saturated rings. The van der Waals surface area contributed by atoms with E-state index >= 15 is 0 Å². The lowest BCUT2D eigenvalue weighted by molar-refractivity contribution is -0.139. The molecule has 2 aromatic rings. The number of nitrogens with zero attached hydrogens (tertiary/aromatic N) is 2. The van der Waals surface area contributed by atoms with Gasteiger partial charge in [-0.3, -0.25) is 13.9 Å². The van der Waals surface area contributed by atoms with Crippen LogP contribution in [-0.2, 0) is 26.2 Å². The Morgan fingerprint density at radius 2 is 1.68 bits per heavy atom. The molecule has 1 aliphatic heterocycles. The first-order chi connectivity index (χ1) is 17.4. The van der Waals surface area contributed by atoms with Crippen LogP contribution in [0.1, 0.15) is 33.3 Å². The van der Waals surface area contributed by atoms with Crippen LogP contribution < -0.4 is 19.1 Å². The van der Waals surface area contributed by atoms with Crippen molar-refractivity contribution in [3.63, 3.8) is 0 Å². The Morgan fingerprint density at radius 1 is 1.00 bits per heavy atom. The molecule has 9 nitrogen and oxygen atoms in total. The molecule has 1 heterocycles. The molecule has 2 aromatic carbocycles. The Labute approximate surface area is 227 Å². The van der Waals surface area contributed by atoms with Crippen LogP contribution in [-0.4, -0.2) is 62.7 Å². The number of halogens is 2. The maximum atomic E-state index is 13.7. The molecule has 0 aromatic heterocycles. The summed E-state index contributed by atoms with van der Waals surface area (Å²) < 4.78 is 38.3. The molecule has 1 aliphatic rings. The minimum Gasteiger partial charge on any atom is -0.486 e. The minimum atomic E-state index is -3.87. The van der Waals surface area contributed by atoms with Crippen molar-refractivity contribution in [1.29, 1.82) is 0 Å². The number of nitrogens with one attached hydrogen (secondary N) is 1. The van der Waals surface area contributed by atoms with Gasteiger partial charge in [-0.15, -0.1) is 0 Å². The van der Waals surface area contributed by atoms with Crippen molar-refractivity contribution in [3.05, 3.63) is 52.0 Å². The number of sulfonamides is 1. The summed E-state index contributed by atoms with van der Waals surface area (Å²) in [7, 11) is -3.87. The lowest BCUT2D eigenvalue weighted by Crippen LogP contribution is -2.52. The minimum absolute atomic E-state index is 0.0174. The van der Waals surface area contributed by atoms with Crippen LogP contribution in [0.25, 0.3) is 0 Å². The molecule has 1 atom stereocenters. The summed E-state index contributed by atoms with van der Waals surface area (Å²) >= 11 is 12.2. The average Bonchev–Trinajstić information content (AvgIpc) is 2.86. The van der Waals surface area contributed by atoms with Crippen molar-refractivity contribution < 1.29 is 27.5 Å². The van der Waals surface area contributed by atoms with E-state index in [-0.39, 0.29) is 29.9 Å². The maximum absolute atomic E-state index is 13.7. The number of carbonyl (C=O) groups is 2. The van der Waals surface area contributed by atoms with Gasteiger partial charge in [-0.2, -0.15) is 0 Å². The fourth-order valence-corrected chi connectivity index (χ4v) is 5.10. The first kappa shape index (κ1) is 28.9. The second-order valence-corrected chi connectivity index (χ2v) is 11.8. The van der Waals surface area contributed by atoms with Gasteiger partial charge >= 0.3 is 0 Å². The van der Waals surface area contributed by atoms with E-state index in [1.54, 1.807) is 37.3 Å². The molecular weight excluding hydrogens is 541 g/mol. The second-order valence-electron chi connectivity index (χ2n) is 8.84. The molecular formula is C25H31Cl2N3O6S. The van der Waals surface area contributed by atoms with Crippen LogP contribution in [0.15, 0.2) is 36.4 Å². The van der Waals surface area contributed by atoms with Gasteiger partial charge in [0.05, 0.1) is 21.5 Å². The predicted molar refractivity (Wildman–Crippen MR) is 144 cm³/mol. The number of hydrogen-bond donors (Lipinski definition) is 1. The van der Waals surface area contributed by atoms with Gasteiger partial charge in [-0.05, 0) is 57.5 Å². The SMILES string of the molecule is CCS(=O)(=O)N(CC(=O)N(Cc1ccc(Cl)c(Cl)c1)[C@@H](C)C(=O)NC(C)C)c1ccc2c(c1)OCCO2. The van der Waals surface area contributed by atoms with Gasteiger partial charge < -0.3 is 19.7 Å². The highest BCUT2D eigenvalue weighted by atomic mass is 35.5. The highest BCUT2D eigenvalue weighted by Gasteiger charge is 2.32. The van der Waals surface area contributed by atoms with Gasteiger partial charge in [0.2, 0.25) is 21.8 Å². The Hall–Kier alpha value is -2.69. The molecule has 202 valence electrons. The fourth-order valence-electron chi connectivity index (χ4n) is 3.73. The van der Waals surface area contributed by atoms with Gasteiger partial charge in [-0.25, -0.2) is 8.42 Å². The molecule has 0 spiro atoms. The van der Waals surface area contributed by atoms with Crippen molar-refractivity contribution in [1.82, 2.24) is 10.2 Å². The van der Waals surface area contributed by atoms with Crippen LogP contribution in [0.2, 0.25) is 10.0 Å². The third-order valence-electron chi connectivity index (χ3n) is 5.73. The Bertz CT molecular complexity index is 1250. The zero-order valence-corrected chi connectivity index (χ0v) is 23.5. The number of benzene rings is 2. The molecule has 0 bridgehead atoms. The first-order valence-electron chi connectivity index (χ1n) is 11.9. The normalized spacial score (nSPS) is 13.7. The number of anilines is 1. The standard InChI is InChI=1S/C25H31Cl2N3O6S/c1-5-37(33,34)30(19-7-9-22-23(13-19)36-11-10-35-22)15-24(31)29(17(4)25(32)28-16(2)3)14-18-6-8-20(26)21(27)12-18/h6-9,12-13,16-17H,5,10-11,14-15H2,1-4H3,(H,28,32)/t17-/m0/s1. The molecule has 0 saturated heterocycles. The van der Waals surface area contributed by atoms with E-state index < -0.39 is 28.5 Å². The summed E-state index contributed by atoms with van der Waals surface area (Å²) in [5.74, 6) is -0.275. The van der Waals surface area contributed by atoms with Crippen molar-refractivity contribution in [2.75, 3.05) is 29.8 Å². The van der Waals surface area contributed by atoms with Crippen molar-refractivity contribution in [3.8, 4) is 11.5 Å². The third-order valence-corrected chi connectivity index (χ3v) is 8.21. The smallest absolute Gasteiger partial charge is 0.244 e. The summed E-state index contributed by atoms with van der Waals surface area (Å²) in [5.41, 5.74) is 0.893. The number of rotatable bonds is 10. The summed E-state index contributed by atoms with van der Waals surface area (Å²) in [5, 5.41) is 3.46. The summed E-state index contributed by atoms with van der Waals surface area (Å²) in [6.07, 6.45) is 0. The van der Waals surface area contributed by atoms with Crippen LogP contribution in [0.3, 0.4) is 0 Å². The Balaban J connectivity index is 1.96. The van der Waals surface area contributed by atoms with E-state index in [9.17, 15) is 18.0 Å². The summed E-state index contributed by atoms with van der Waals surface area (Å²) in [6.45, 7) is 6.94. The molecule has 0 aliphatic carbocycles. The molecule has 2 amide bonds. The number of fused-ring (bicyclic) bond motifs is 1. The molecule has 37 heavy (non-hydrogen) atoms. The van der Waals surface area contributed by atoms with Crippen molar-refractivity contribution in [2.45, 2.75) is 46.3 Å². The first-order valence-corrected chi connectivity index (χ1v) is 14.2. The Kier molecular flexibility index (Phi) is 9.55. The number of carbonyl (C=O) groups excluding carboxylic acids is 2. The van der Waals surface area contributed by atoms with E-state index in [0.717, 1.165) is 4.31 Å². The molecule has 1 N–H and O–H groups in total. The molecule has 12 heteroatoms. The number of hydrogen-bond acceptors (Lipinski definition) is 6. The quantitative estimate of drug-likeness (QED) is 0.464. The number of ether oxygens (including phenoxy) is 2. The lowest BCUT2D eigenvalue weighted by atomic mass is 10.1. The summed E-state index contributed by atoms with van der Waals surface area (Å²) in [4.78, 5) is 27.9. The Morgan fingerprint density at radius 3 is 2.30 bits per heavy atom. The lowest BCUT2D eigenvalue weighted by Gasteiger charge is -2.32. The third kappa shape index (κ3) is 7.21. The monoisotopic (exact) mass is 571 g/mol. The predicted octanol–water partition coefficient (Wildman–Crippen LogP) is 3.86. The second kappa shape index (κ2) is 12.2. The molecule has 0 unspecified atom stereocenters.